The average Bonchev–Trinajstić information content (AvgIpc) is 3.53. The first-order chi connectivity index (χ1) is 15.6. The van der Waals surface area contributed by atoms with Gasteiger partial charge in [-0.3, -0.25) is 9.69 Å². The minimum atomic E-state index is -0.228. The third-order valence-electron chi connectivity index (χ3n) is 7.68. The number of hydrogen-bond donors (Lipinski definition) is 1. The van der Waals surface area contributed by atoms with Crippen LogP contribution in [0.15, 0.2) is 42.5 Å². The summed E-state index contributed by atoms with van der Waals surface area (Å²) in [6, 6.07) is 14.3. The van der Waals surface area contributed by atoms with E-state index in [0.29, 0.717) is 23.1 Å². The van der Waals surface area contributed by atoms with E-state index in [2.05, 4.69) is 17.0 Å². The van der Waals surface area contributed by atoms with Gasteiger partial charge >= 0.3 is 5.97 Å². The summed E-state index contributed by atoms with van der Waals surface area (Å²) >= 11 is 0. The van der Waals surface area contributed by atoms with E-state index < -0.39 is 0 Å². The van der Waals surface area contributed by atoms with E-state index >= 15 is 0 Å². The molecule has 1 saturated heterocycles. The number of esters is 1. The van der Waals surface area contributed by atoms with Gasteiger partial charge < -0.3 is 14.6 Å². The van der Waals surface area contributed by atoms with Crippen molar-refractivity contribution in [3.8, 4) is 11.5 Å². The minimum Gasteiger partial charge on any atom is -0.507 e. The number of methoxy groups -OCH3 is 1. The molecule has 2 aliphatic carbocycles. The second kappa shape index (κ2) is 9.14. The highest BCUT2D eigenvalue weighted by molar-refractivity contribution is 5.74. The molecule has 0 aromatic heterocycles. The molecule has 2 bridgehead atoms. The monoisotopic (exact) mass is 435 g/mol. The van der Waals surface area contributed by atoms with Crippen LogP contribution in [0.5, 0.6) is 11.5 Å². The summed E-state index contributed by atoms with van der Waals surface area (Å²) in [7, 11) is 1.69. The van der Waals surface area contributed by atoms with Gasteiger partial charge in [-0.2, -0.15) is 0 Å². The molecule has 3 unspecified atom stereocenters. The number of piperidine rings is 1. The van der Waals surface area contributed by atoms with E-state index in [9.17, 15) is 9.90 Å². The Morgan fingerprint density at radius 2 is 1.91 bits per heavy atom. The fourth-order valence-corrected chi connectivity index (χ4v) is 6.08. The smallest absolute Gasteiger partial charge is 0.310 e. The molecule has 3 fully saturated rings. The average molecular weight is 436 g/mol. The van der Waals surface area contributed by atoms with Gasteiger partial charge in [-0.15, -0.1) is 0 Å². The maximum atomic E-state index is 12.9. The number of carbonyl (C=O) groups is 1. The molecular formula is C27H33NO4. The highest BCUT2D eigenvalue weighted by Gasteiger charge is 2.48. The number of nitrogens with zero attached hydrogens (tertiary/aromatic N) is 1. The minimum absolute atomic E-state index is 0.0479. The van der Waals surface area contributed by atoms with Crippen molar-refractivity contribution in [3.63, 3.8) is 0 Å². The fraction of sp³-hybridized carbons (Fsp3) is 0.519. The van der Waals surface area contributed by atoms with Crippen molar-refractivity contribution in [2.75, 3.05) is 13.7 Å². The lowest BCUT2D eigenvalue weighted by Gasteiger charge is -2.27. The molecule has 2 aromatic rings. The van der Waals surface area contributed by atoms with Crippen LogP contribution >= 0.6 is 0 Å². The van der Waals surface area contributed by atoms with Crippen LogP contribution in [-0.4, -0.2) is 41.8 Å². The molecule has 1 heterocycles. The van der Waals surface area contributed by atoms with Crippen molar-refractivity contribution >= 4 is 5.97 Å². The van der Waals surface area contributed by atoms with Gasteiger partial charge in [0.25, 0.3) is 0 Å². The Balaban J connectivity index is 1.22. The number of rotatable bonds is 7. The highest BCUT2D eigenvalue weighted by Crippen LogP contribution is 2.42. The molecule has 5 nitrogen and oxygen atoms in total. The summed E-state index contributed by atoms with van der Waals surface area (Å²) in [6.07, 6.45) is 6.94. The Morgan fingerprint density at radius 1 is 1.09 bits per heavy atom. The zero-order valence-corrected chi connectivity index (χ0v) is 18.8. The number of ether oxygens (including phenoxy) is 2. The number of hydrogen-bond acceptors (Lipinski definition) is 5. The zero-order chi connectivity index (χ0) is 22.1. The van der Waals surface area contributed by atoms with Gasteiger partial charge in [0, 0.05) is 30.6 Å². The summed E-state index contributed by atoms with van der Waals surface area (Å²) in [6.45, 7) is 1.80. The lowest BCUT2D eigenvalue weighted by molar-refractivity contribution is -0.149. The molecule has 1 aliphatic heterocycles. The third kappa shape index (κ3) is 4.23. The second-order valence-electron chi connectivity index (χ2n) is 9.65. The number of phenolic OH excluding ortho intramolecular Hbond substituents is 1. The maximum Gasteiger partial charge on any atom is 0.310 e. The van der Waals surface area contributed by atoms with Gasteiger partial charge in [0.05, 0.1) is 13.5 Å². The fourth-order valence-electron chi connectivity index (χ4n) is 6.08. The summed E-state index contributed by atoms with van der Waals surface area (Å²) in [5.74, 6) is 1.75. The van der Waals surface area contributed by atoms with Crippen LogP contribution in [-0.2, 0) is 22.5 Å². The van der Waals surface area contributed by atoms with E-state index in [1.807, 2.05) is 30.3 Å². The summed E-state index contributed by atoms with van der Waals surface area (Å²) in [4.78, 5) is 15.3. The molecule has 2 aromatic carbocycles. The number of para-hydroxylation sites is 1. The Morgan fingerprint density at radius 3 is 2.72 bits per heavy atom. The Kier molecular flexibility index (Phi) is 6.09. The number of aromatic hydroxyl groups is 1. The summed E-state index contributed by atoms with van der Waals surface area (Å²) in [5.41, 5.74) is 2.91. The van der Waals surface area contributed by atoms with E-state index in [0.717, 1.165) is 50.1 Å². The molecule has 1 N–H and O–H groups in total. The molecule has 3 aliphatic rings. The molecule has 170 valence electrons. The molecule has 5 rings (SSSR count). The molecule has 32 heavy (non-hydrogen) atoms. The molecule has 0 spiro atoms. The van der Waals surface area contributed by atoms with Gasteiger partial charge in [-0.05, 0) is 54.9 Å². The lowest BCUT2D eigenvalue weighted by atomic mass is 9.94. The maximum absolute atomic E-state index is 12.9. The van der Waals surface area contributed by atoms with Crippen LogP contribution < -0.4 is 4.74 Å². The first-order valence-electron chi connectivity index (χ1n) is 12.0. The topological polar surface area (TPSA) is 59.0 Å². The Bertz CT molecular complexity index is 968. The number of carbonyl (C=O) groups excluding carboxylic acids is 1. The van der Waals surface area contributed by atoms with E-state index in [1.165, 1.54) is 18.4 Å². The number of likely N-dealkylation sites (tertiary alicyclic amines) is 1. The molecule has 3 atom stereocenters. The van der Waals surface area contributed by atoms with Gasteiger partial charge in [-0.25, -0.2) is 0 Å². The SMILES string of the molecule is COc1cccc(CN2CC3CCC2C3OC(=O)Cc2cccc(C3CCCC3)c2O)c1. The van der Waals surface area contributed by atoms with Crippen molar-refractivity contribution < 1.29 is 19.4 Å². The van der Waals surface area contributed by atoms with Crippen molar-refractivity contribution in [2.24, 2.45) is 5.92 Å². The van der Waals surface area contributed by atoms with Crippen LogP contribution in [0.2, 0.25) is 0 Å². The van der Waals surface area contributed by atoms with Gasteiger partial charge in [0.1, 0.15) is 17.6 Å². The van der Waals surface area contributed by atoms with Crippen LogP contribution in [0.25, 0.3) is 0 Å². The highest BCUT2D eigenvalue weighted by atomic mass is 16.5. The predicted molar refractivity (Wildman–Crippen MR) is 123 cm³/mol. The normalized spacial score (nSPS) is 25.3. The van der Waals surface area contributed by atoms with Gasteiger partial charge in [-0.1, -0.05) is 43.2 Å². The van der Waals surface area contributed by atoms with Crippen molar-refractivity contribution in [3.05, 3.63) is 59.2 Å². The second-order valence-corrected chi connectivity index (χ2v) is 9.65. The first-order valence-corrected chi connectivity index (χ1v) is 12.0. The Labute approximate surface area is 190 Å². The van der Waals surface area contributed by atoms with Crippen LogP contribution in [0.4, 0.5) is 0 Å². The van der Waals surface area contributed by atoms with Gasteiger partial charge in [0.15, 0.2) is 0 Å². The molecule has 0 radical (unpaired) electrons. The predicted octanol–water partition coefficient (Wildman–Crippen LogP) is 4.81. The standard InChI is InChI=1S/C27H33NO4/c1-31-22-10-4-6-18(14-22)16-28-17-21-12-13-24(28)27(21)32-25(29)15-20-9-5-11-23(26(20)30)19-7-2-3-8-19/h4-6,9-11,14,19,21,24,27,30H,2-3,7-8,12-13,15-17H2,1H3. The molecular weight excluding hydrogens is 402 g/mol. The lowest BCUT2D eigenvalue weighted by Crippen LogP contribution is -2.35. The zero-order valence-electron chi connectivity index (χ0n) is 18.8. The quantitative estimate of drug-likeness (QED) is 0.633. The largest absolute Gasteiger partial charge is 0.507 e. The van der Waals surface area contributed by atoms with Crippen LogP contribution in [0, 0.1) is 5.92 Å². The van der Waals surface area contributed by atoms with E-state index in [4.69, 9.17) is 9.47 Å². The third-order valence-corrected chi connectivity index (χ3v) is 7.68. The molecule has 5 heteroatoms. The van der Waals surface area contributed by atoms with Crippen molar-refractivity contribution in [2.45, 2.75) is 69.6 Å². The molecule has 0 amide bonds. The number of fused-ring (bicyclic) bond motifs is 2. The van der Waals surface area contributed by atoms with Crippen LogP contribution in [0.3, 0.4) is 0 Å². The summed E-state index contributed by atoms with van der Waals surface area (Å²) in [5, 5.41) is 10.8. The van der Waals surface area contributed by atoms with Crippen molar-refractivity contribution in [1.29, 1.82) is 0 Å². The Hall–Kier alpha value is -2.53. The van der Waals surface area contributed by atoms with E-state index in [1.54, 1.807) is 7.11 Å². The van der Waals surface area contributed by atoms with Crippen LogP contribution in [0.1, 0.15) is 61.1 Å². The van der Waals surface area contributed by atoms with Crippen molar-refractivity contribution in [1.82, 2.24) is 4.90 Å². The van der Waals surface area contributed by atoms with Gasteiger partial charge in [0.2, 0.25) is 0 Å². The number of benzene rings is 2. The molecule has 2 saturated carbocycles. The summed E-state index contributed by atoms with van der Waals surface area (Å²) < 4.78 is 11.4. The first kappa shape index (κ1) is 21.3. The number of phenols is 1. The van der Waals surface area contributed by atoms with E-state index in [-0.39, 0.29) is 24.5 Å².